The van der Waals surface area contributed by atoms with E-state index in [0.29, 0.717) is 54.7 Å². The second kappa shape index (κ2) is 8.95. The molecule has 9 heteroatoms. The van der Waals surface area contributed by atoms with Crippen LogP contribution in [0.1, 0.15) is 32.2 Å². The van der Waals surface area contributed by atoms with E-state index in [1.54, 1.807) is 47.1 Å². The molecule has 1 fully saturated rings. The van der Waals surface area contributed by atoms with Gasteiger partial charge in [0.1, 0.15) is 5.82 Å². The van der Waals surface area contributed by atoms with Crippen LogP contribution in [-0.4, -0.2) is 57.8 Å². The van der Waals surface area contributed by atoms with E-state index < -0.39 is 0 Å². The van der Waals surface area contributed by atoms with Gasteiger partial charge in [-0.25, -0.2) is 14.4 Å². The SMILES string of the molecule is Cc1nc(NCc2ccccc2F)ncc1C(=O)N1CCN(C(=O)c2ccco2)CC1. The van der Waals surface area contributed by atoms with Crippen molar-refractivity contribution < 1.29 is 18.4 Å². The maximum atomic E-state index is 13.7. The Balaban J connectivity index is 1.36. The fourth-order valence-electron chi connectivity index (χ4n) is 3.42. The average Bonchev–Trinajstić information content (AvgIpc) is 3.33. The summed E-state index contributed by atoms with van der Waals surface area (Å²) < 4.78 is 18.9. The summed E-state index contributed by atoms with van der Waals surface area (Å²) in [5, 5.41) is 2.98. The zero-order valence-corrected chi connectivity index (χ0v) is 17.0. The maximum absolute atomic E-state index is 13.7. The van der Waals surface area contributed by atoms with Gasteiger partial charge >= 0.3 is 0 Å². The molecule has 1 N–H and O–H groups in total. The lowest BCUT2D eigenvalue weighted by Gasteiger charge is -2.34. The van der Waals surface area contributed by atoms with Crippen molar-refractivity contribution in [3.05, 3.63) is 77.3 Å². The molecule has 0 spiro atoms. The number of aryl methyl sites for hydroxylation is 1. The van der Waals surface area contributed by atoms with Gasteiger partial charge in [0.05, 0.1) is 17.5 Å². The van der Waals surface area contributed by atoms with Gasteiger partial charge < -0.3 is 19.5 Å². The maximum Gasteiger partial charge on any atom is 0.289 e. The number of anilines is 1. The monoisotopic (exact) mass is 423 g/mol. The second-order valence-electron chi connectivity index (χ2n) is 7.20. The highest BCUT2D eigenvalue weighted by molar-refractivity contribution is 5.95. The first-order valence-electron chi connectivity index (χ1n) is 9.96. The molecule has 31 heavy (non-hydrogen) atoms. The van der Waals surface area contributed by atoms with Crippen LogP contribution in [0.2, 0.25) is 0 Å². The second-order valence-corrected chi connectivity index (χ2v) is 7.20. The van der Waals surface area contributed by atoms with Crippen LogP contribution in [0.5, 0.6) is 0 Å². The number of halogens is 1. The van der Waals surface area contributed by atoms with Crippen LogP contribution in [0.15, 0.2) is 53.3 Å². The Hall–Kier alpha value is -3.75. The highest BCUT2D eigenvalue weighted by atomic mass is 19.1. The minimum Gasteiger partial charge on any atom is -0.459 e. The van der Waals surface area contributed by atoms with E-state index in [4.69, 9.17) is 4.42 Å². The summed E-state index contributed by atoms with van der Waals surface area (Å²) in [5.41, 5.74) is 1.44. The van der Waals surface area contributed by atoms with Gasteiger partial charge in [-0.3, -0.25) is 9.59 Å². The Bertz CT molecular complexity index is 1080. The topological polar surface area (TPSA) is 91.6 Å². The number of rotatable bonds is 5. The van der Waals surface area contributed by atoms with E-state index in [1.165, 1.54) is 18.5 Å². The summed E-state index contributed by atoms with van der Waals surface area (Å²) in [5.74, 6) is -0.0398. The Morgan fingerprint density at radius 3 is 2.42 bits per heavy atom. The first-order valence-corrected chi connectivity index (χ1v) is 9.96. The summed E-state index contributed by atoms with van der Waals surface area (Å²) >= 11 is 0. The van der Waals surface area contributed by atoms with Crippen molar-refractivity contribution in [2.75, 3.05) is 31.5 Å². The van der Waals surface area contributed by atoms with Crippen molar-refractivity contribution in [3.63, 3.8) is 0 Å². The largest absolute Gasteiger partial charge is 0.459 e. The molecule has 4 rings (SSSR count). The number of furan rings is 1. The smallest absolute Gasteiger partial charge is 0.289 e. The normalized spacial score (nSPS) is 13.9. The lowest BCUT2D eigenvalue weighted by molar-refractivity contribution is 0.0517. The fourth-order valence-corrected chi connectivity index (χ4v) is 3.42. The third-order valence-electron chi connectivity index (χ3n) is 5.19. The molecule has 0 saturated carbocycles. The molecule has 2 amide bonds. The molecular weight excluding hydrogens is 401 g/mol. The molecule has 3 heterocycles. The number of piperazine rings is 1. The minimum absolute atomic E-state index is 0.178. The molecule has 1 aliphatic heterocycles. The van der Waals surface area contributed by atoms with E-state index in [9.17, 15) is 14.0 Å². The molecule has 0 aliphatic carbocycles. The molecule has 160 valence electrons. The van der Waals surface area contributed by atoms with Crippen LogP contribution in [0.3, 0.4) is 0 Å². The van der Waals surface area contributed by atoms with Crippen LogP contribution in [-0.2, 0) is 6.54 Å². The minimum atomic E-state index is -0.303. The van der Waals surface area contributed by atoms with Crippen molar-refractivity contribution in [1.82, 2.24) is 19.8 Å². The van der Waals surface area contributed by atoms with Gasteiger partial charge in [0.15, 0.2) is 5.76 Å². The first-order chi connectivity index (χ1) is 15.0. The molecular formula is C22H22FN5O3. The van der Waals surface area contributed by atoms with Gasteiger partial charge in [-0.2, -0.15) is 0 Å². The quantitative estimate of drug-likeness (QED) is 0.679. The Labute approximate surface area is 178 Å². The van der Waals surface area contributed by atoms with Crippen LogP contribution in [0, 0.1) is 12.7 Å². The number of aromatic nitrogens is 2. The lowest BCUT2D eigenvalue weighted by Crippen LogP contribution is -2.50. The summed E-state index contributed by atoms with van der Waals surface area (Å²) in [6.45, 7) is 3.65. The van der Waals surface area contributed by atoms with E-state index in [-0.39, 0.29) is 24.2 Å². The molecule has 0 bridgehead atoms. The van der Waals surface area contributed by atoms with Crippen LogP contribution in [0.25, 0.3) is 0 Å². The van der Waals surface area contributed by atoms with Crippen molar-refractivity contribution in [3.8, 4) is 0 Å². The fraction of sp³-hybridized carbons (Fsp3) is 0.273. The molecule has 0 unspecified atom stereocenters. The van der Waals surface area contributed by atoms with Gasteiger partial charge in [-0.05, 0) is 25.1 Å². The lowest BCUT2D eigenvalue weighted by atomic mass is 10.2. The molecule has 1 saturated heterocycles. The van der Waals surface area contributed by atoms with E-state index in [0.717, 1.165) is 0 Å². The number of amides is 2. The number of benzene rings is 1. The Morgan fingerprint density at radius 1 is 1.06 bits per heavy atom. The van der Waals surface area contributed by atoms with Gasteiger partial charge in [-0.1, -0.05) is 18.2 Å². The summed E-state index contributed by atoms with van der Waals surface area (Å²) in [7, 11) is 0. The zero-order chi connectivity index (χ0) is 21.8. The predicted molar refractivity (Wildman–Crippen MR) is 111 cm³/mol. The standard InChI is InChI=1S/C22H22FN5O3/c1-15-17(14-25-22(26-15)24-13-16-5-2-3-6-18(16)23)20(29)27-8-10-28(11-9-27)21(30)19-7-4-12-31-19/h2-7,12,14H,8-11,13H2,1H3,(H,24,25,26). The van der Waals surface area contributed by atoms with E-state index in [1.807, 2.05) is 0 Å². The van der Waals surface area contributed by atoms with Crippen molar-refractivity contribution >= 4 is 17.8 Å². The average molecular weight is 423 g/mol. The highest BCUT2D eigenvalue weighted by Gasteiger charge is 2.27. The molecule has 2 aromatic heterocycles. The van der Waals surface area contributed by atoms with Crippen LogP contribution >= 0.6 is 0 Å². The van der Waals surface area contributed by atoms with Crippen molar-refractivity contribution in [1.29, 1.82) is 0 Å². The molecule has 0 radical (unpaired) electrons. The van der Waals surface area contributed by atoms with Crippen LogP contribution < -0.4 is 5.32 Å². The van der Waals surface area contributed by atoms with Crippen molar-refractivity contribution in [2.45, 2.75) is 13.5 Å². The predicted octanol–water partition coefficient (Wildman–Crippen LogP) is 2.73. The van der Waals surface area contributed by atoms with Gasteiger partial charge in [0.2, 0.25) is 5.95 Å². The van der Waals surface area contributed by atoms with E-state index in [2.05, 4.69) is 15.3 Å². The highest BCUT2D eigenvalue weighted by Crippen LogP contribution is 2.15. The molecule has 1 aliphatic rings. The van der Waals surface area contributed by atoms with Gasteiger partial charge in [0, 0.05) is 44.5 Å². The number of nitrogens with one attached hydrogen (secondary N) is 1. The Kier molecular flexibility index (Phi) is 5.92. The molecule has 0 atom stereocenters. The summed E-state index contributed by atoms with van der Waals surface area (Å²) in [4.78, 5) is 37.2. The number of carbonyl (C=O) groups excluding carboxylic acids is 2. The molecule has 3 aromatic rings. The van der Waals surface area contributed by atoms with E-state index >= 15 is 0 Å². The number of carbonyl (C=O) groups is 2. The number of hydrogen-bond donors (Lipinski definition) is 1. The molecule has 1 aromatic carbocycles. The third kappa shape index (κ3) is 4.55. The zero-order valence-electron chi connectivity index (χ0n) is 17.0. The van der Waals surface area contributed by atoms with Gasteiger partial charge in [-0.15, -0.1) is 0 Å². The summed E-state index contributed by atoms with van der Waals surface area (Å²) in [6, 6.07) is 9.77. The number of hydrogen-bond acceptors (Lipinski definition) is 6. The van der Waals surface area contributed by atoms with Crippen molar-refractivity contribution in [2.24, 2.45) is 0 Å². The first kappa shape index (κ1) is 20.5. The molecule has 8 nitrogen and oxygen atoms in total. The van der Waals surface area contributed by atoms with Gasteiger partial charge in [0.25, 0.3) is 11.8 Å². The number of nitrogens with zero attached hydrogens (tertiary/aromatic N) is 4. The Morgan fingerprint density at radius 2 is 1.77 bits per heavy atom. The van der Waals surface area contributed by atoms with Crippen LogP contribution in [0.4, 0.5) is 10.3 Å². The third-order valence-corrected chi connectivity index (χ3v) is 5.19. The summed E-state index contributed by atoms with van der Waals surface area (Å²) in [6.07, 6.45) is 2.94.